The minimum absolute atomic E-state index is 0.220. The summed E-state index contributed by atoms with van der Waals surface area (Å²) in [5.74, 6) is 0.625. The quantitative estimate of drug-likeness (QED) is 0.147. The van der Waals surface area contributed by atoms with Crippen LogP contribution in [0.3, 0.4) is 0 Å². The smallest absolute Gasteiger partial charge is 0.316 e. The Morgan fingerprint density at radius 1 is 0.657 bits per heavy atom. The van der Waals surface area contributed by atoms with Gasteiger partial charge < -0.3 is 14.2 Å². The van der Waals surface area contributed by atoms with Gasteiger partial charge in [-0.3, -0.25) is 9.59 Å². The van der Waals surface area contributed by atoms with E-state index < -0.39 is 5.41 Å². The Kier molecular flexibility index (Phi) is 12.1. The fourth-order valence-electron chi connectivity index (χ4n) is 3.70. The van der Waals surface area contributed by atoms with Crippen molar-refractivity contribution in [1.82, 2.24) is 0 Å². The molecule has 0 saturated carbocycles. The molecule has 0 aromatic heterocycles. The highest BCUT2D eigenvalue weighted by atomic mass is 16.5. The molecule has 0 fully saturated rings. The highest BCUT2D eigenvalue weighted by Gasteiger charge is 2.29. The van der Waals surface area contributed by atoms with Crippen LogP contribution in [-0.4, -0.2) is 38.2 Å². The van der Waals surface area contributed by atoms with Crippen LogP contribution in [0, 0.1) is 10.8 Å². The summed E-state index contributed by atoms with van der Waals surface area (Å²) in [7, 11) is 0. The molecule has 5 heteroatoms. The summed E-state index contributed by atoms with van der Waals surface area (Å²) in [6, 6.07) is 19.1. The first kappa shape index (κ1) is 28.7. The van der Waals surface area contributed by atoms with Gasteiger partial charge in [-0.2, -0.15) is 0 Å². The van der Waals surface area contributed by atoms with Gasteiger partial charge in [-0.1, -0.05) is 62.4 Å². The Hall–Kier alpha value is -2.50. The zero-order chi connectivity index (χ0) is 25.6. The normalized spacial score (nSPS) is 11.9. The van der Waals surface area contributed by atoms with Crippen molar-refractivity contribution in [3.05, 3.63) is 66.2 Å². The Morgan fingerprint density at radius 3 is 1.71 bits per heavy atom. The molecule has 2 rings (SSSR count). The summed E-state index contributed by atoms with van der Waals surface area (Å²) in [6.07, 6.45) is 4.49. The maximum atomic E-state index is 12.6. The Bertz CT molecular complexity index is 801. The predicted octanol–water partition coefficient (Wildman–Crippen LogP) is 6.44. The molecular formula is C30H42O5. The van der Waals surface area contributed by atoms with E-state index in [0.29, 0.717) is 45.0 Å². The van der Waals surface area contributed by atoms with E-state index in [2.05, 4.69) is 0 Å². The second-order valence-corrected chi connectivity index (χ2v) is 10.3. The second kappa shape index (κ2) is 14.8. The van der Waals surface area contributed by atoms with Gasteiger partial charge in [0, 0.05) is 38.3 Å². The van der Waals surface area contributed by atoms with Crippen LogP contribution in [0.15, 0.2) is 60.7 Å². The molecule has 192 valence electrons. The van der Waals surface area contributed by atoms with E-state index in [1.807, 2.05) is 76.2 Å². The molecule has 0 unspecified atom stereocenters. The molecule has 0 radical (unpaired) electrons. The van der Waals surface area contributed by atoms with Gasteiger partial charge in [-0.05, 0) is 63.6 Å². The maximum Gasteiger partial charge on any atom is 0.316 e. The number of para-hydroxylation sites is 1. The van der Waals surface area contributed by atoms with Gasteiger partial charge in [0.1, 0.15) is 11.5 Å². The lowest BCUT2D eigenvalue weighted by molar-refractivity contribution is -0.144. The highest BCUT2D eigenvalue weighted by molar-refractivity contribution is 5.86. The fourth-order valence-corrected chi connectivity index (χ4v) is 3.70. The molecule has 0 aliphatic carbocycles. The van der Waals surface area contributed by atoms with Crippen LogP contribution >= 0.6 is 0 Å². The lowest BCUT2D eigenvalue weighted by atomic mass is 9.81. The van der Waals surface area contributed by atoms with Crippen molar-refractivity contribution in [2.24, 2.45) is 10.8 Å². The van der Waals surface area contributed by atoms with Crippen molar-refractivity contribution < 1.29 is 23.8 Å². The SMILES string of the molecule is CC(C)(CCCOCCCOCCCC(C)(C)C(=O)Oc1ccccc1)C(=O)Cc1ccccc1. The second-order valence-electron chi connectivity index (χ2n) is 10.3. The predicted molar refractivity (Wildman–Crippen MR) is 140 cm³/mol. The largest absolute Gasteiger partial charge is 0.426 e. The van der Waals surface area contributed by atoms with Crippen LogP contribution in [0.4, 0.5) is 0 Å². The zero-order valence-electron chi connectivity index (χ0n) is 21.9. The van der Waals surface area contributed by atoms with Crippen molar-refractivity contribution in [3.8, 4) is 5.75 Å². The number of rotatable bonds is 17. The number of benzene rings is 2. The molecule has 0 aliphatic heterocycles. The van der Waals surface area contributed by atoms with Gasteiger partial charge >= 0.3 is 5.97 Å². The van der Waals surface area contributed by atoms with E-state index >= 15 is 0 Å². The van der Waals surface area contributed by atoms with E-state index in [9.17, 15) is 9.59 Å². The molecule has 35 heavy (non-hydrogen) atoms. The summed E-state index contributed by atoms with van der Waals surface area (Å²) < 4.78 is 16.9. The van der Waals surface area contributed by atoms with Crippen molar-refractivity contribution >= 4 is 11.8 Å². The topological polar surface area (TPSA) is 61.8 Å². The fraction of sp³-hybridized carbons (Fsp3) is 0.533. The molecule has 0 spiro atoms. The van der Waals surface area contributed by atoms with Crippen LogP contribution in [0.2, 0.25) is 0 Å². The number of carbonyl (C=O) groups excluding carboxylic acids is 2. The maximum absolute atomic E-state index is 12.6. The molecule has 0 bridgehead atoms. The minimum atomic E-state index is -0.557. The Balaban J connectivity index is 1.47. The summed E-state index contributed by atoms with van der Waals surface area (Å²) in [5, 5.41) is 0. The van der Waals surface area contributed by atoms with Gasteiger partial charge in [0.25, 0.3) is 0 Å². The van der Waals surface area contributed by atoms with Gasteiger partial charge in [-0.15, -0.1) is 0 Å². The average molecular weight is 483 g/mol. The van der Waals surface area contributed by atoms with E-state index in [1.165, 1.54) is 0 Å². The monoisotopic (exact) mass is 482 g/mol. The van der Waals surface area contributed by atoms with Gasteiger partial charge in [0.2, 0.25) is 0 Å². The third-order valence-corrected chi connectivity index (χ3v) is 6.23. The standard InChI is InChI=1S/C30H42O5/c1-29(2,27(31)24-25-14-7-5-8-15-25)18-11-20-33-22-13-23-34-21-12-19-30(3,4)28(32)35-26-16-9-6-10-17-26/h5-10,14-17H,11-13,18-24H2,1-4H3. The number of hydrogen-bond acceptors (Lipinski definition) is 5. The molecule has 0 atom stereocenters. The summed E-state index contributed by atoms with van der Waals surface area (Å²) in [6.45, 7) is 10.4. The van der Waals surface area contributed by atoms with Crippen molar-refractivity contribution in [2.75, 3.05) is 26.4 Å². The molecule has 0 heterocycles. The molecule has 2 aromatic rings. The molecule has 2 aromatic carbocycles. The third-order valence-electron chi connectivity index (χ3n) is 6.23. The first-order valence-corrected chi connectivity index (χ1v) is 12.7. The van der Waals surface area contributed by atoms with Gasteiger partial charge in [-0.25, -0.2) is 0 Å². The number of esters is 1. The molecule has 0 N–H and O–H groups in total. The average Bonchev–Trinajstić information content (AvgIpc) is 2.83. The van der Waals surface area contributed by atoms with E-state index in [1.54, 1.807) is 12.1 Å². The van der Waals surface area contributed by atoms with Crippen molar-refractivity contribution in [3.63, 3.8) is 0 Å². The third kappa shape index (κ3) is 11.2. The molecular weight excluding hydrogens is 440 g/mol. The number of ether oxygens (including phenoxy) is 3. The first-order valence-electron chi connectivity index (χ1n) is 12.7. The van der Waals surface area contributed by atoms with Crippen LogP contribution in [-0.2, 0) is 25.5 Å². The summed E-state index contributed by atoms with van der Waals surface area (Å²) >= 11 is 0. The van der Waals surface area contributed by atoms with Crippen LogP contribution in [0.1, 0.15) is 65.4 Å². The van der Waals surface area contributed by atoms with E-state index in [4.69, 9.17) is 14.2 Å². The first-order chi connectivity index (χ1) is 16.7. The van der Waals surface area contributed by atoms with Crippen LogP contribution < -0.4 is 4.74 Å². The Labute approximate surface area is 211 Å². The van der Waals surface area contributed by atoms with Crippen molar-refractivity contribution in [1.29, 1.82) is 0 Å². The molecule has 0 saturated heterocycles. The van der Waals surface area contributed by atoms with Crippen molar-refractivity contribution in [2.45, 2.75) is 66.2 Å². The van der Waals surface area contributed by atoms with E-state index in [-0.39, 0.29) is 17.2 Å². The van der Waals surface area contributed by atoms with Gasteiger partial charge in [0.05, 0.1) is 5.41 Å². The van der Waals surface area contributed by atoms with E-state index in [0.717, 1.165) is 31.2 Å². The zero-order valence-corrected chi connectivity index (χ0v) is 21.9. The summed E-state index contributed by atoms with van der Waals surface area (Å²) in [5.41, 5.74) is 0.167. The molecule has 5 nitrogen and oxygen atoms in total. The number of carbonyl (C=O) groups is 2. The highest BCUT2D eigenvalue weighted by Crippen LogP contribution is 2.26. The lowest BCUT2D eigenvalue weighted by Gasteiger charge is -2.23. The number of ketones is 1. The molecule has 0 amide bonds. The molecule has 0 aliphatic rings. The summed E-state index contributed by atoms with van der Waals surface area (Å²) in [4.78, 5) is 25.0. The van der Waals surface area contributed by atoms with Crippen LogP contribution in [0.25, 0.3) is 0 Å². The van der Waals surface area contributed by atoms with Crippen LogP contribution in [0.5, 0.6) is 5.75 Å². The van der Waals surface area contributed by atoms with Gasteiger partial charge in [0.15, 0.2) is 0 Å². The lowest BCUT2D eigenvalue weighted by Crippen LogP contribution is -2.29. The minimum Gasteiger partial charge on any atom is -0.426 e. The number of Topliss-reactive ketones (excluding diaryl/α,β-unsaturated/α-hetero) is 1. The Morgan fingerprint density at radius 2 is 1.14 bits per heavy atom. The number of hydrogen-bond donors (Lipinski definition) is 0.